The lowest BCUT2D eigenvalue weighted by Crippen LogP contribution is -2.04. The Bertz CT molecular complexity index is 287. The summed E-state index contributed by atoms with van der Waals surface area (Å²) in [6, 6.07) is 2.76. The fourth-order valence-electron chi connectivity index (χ4n) is 1.20. The van der Waals surface area contributed by atoms with Crippen molar-refractivity contribution in [3.05, 3.63) is 23.3 Å². The third kappa shape index (κ3) is 2.31. The molecule has 2 nitrogen and oxygen atoms in total. The standard InChI is InChI=1S/C9H10F2O2/c1-5-3-7(12)4-6(2)8(5)13-9(10)11/h3-4,9,12H,1-2H3. The topological polar surface area (TPSA) is 29.5 Å². The number of ether oxygens (including phenoxy) is 1. The summed E-state index contributed by atoms with van der Waals surface area (Å²) in [5.41, 5.74) is 0.996. The Morgan fingerprint density at radius 2 is 1.69 bits per heavy atom. The minimum absolute atomic E-state index is 0.0524. The Morgan fingerprint density at radius 3 is 2.08 bits per heavy atom. The maximum absolute atomic E-state index is 11.9. The second-order valence-corrected chi connectivity index (χ2v) is 2.79. The van der Waals surface area contributed by atoms with Crippen LogP contribution in [0.1, 0.15) is 11.1 Å². The summed E-state index contributed by atoms with van der Waals surface area (Å²) in [5.74, 6) is 0.185. The maximum atomic E-state index is 11.9. The van der Waals surface area contributed by atoms with Gasteiger partial charge in [0.15, 0.2) is 0 Å². The average Bonchev–Trinajstić information content (AvgIpc) is 1.96. The molecule has 0 atom stereocenters. The molecule has 13 heavy (non-hydrogen) atoms. The fraction of sp³-hybridized carbons (Fsp3) is 0.333. The van der Waals surface area contributed by atoms with Crippen LogP contribution < -0.4 is 4.74 Å². The second kappa shape index (κ2) is 3.60. The number of hydrogen-bond donors (Lipinski definition) is 1. The number of rotatable bonds is 2. The minimum atomic E-state index is -2.83. The van der Waals surface area contributed by atoms with Crippen LogP contribution in [0.25, 0.3) is 0 Å². The monoisotopic (exact) mass is 188 g/mol. The van der Waals surface area contributed by atoms with Gasteiger partial charge in [0.1, 0.15) is 11.5 Å². The number of alkyl halides is 2. The molecule has 1 rings (SSSR count). The molecule has 0 radical (unpaired) electrons. The summed E-state index contributed by atoms with van der Waals surface area (Å²) in [6.07, 6.45) is 0. The van der Waals surface area contributed by atoms with Crippen LogP contribution in [0.3, 0.4) is 0 Å². The Labute approximate surface area is 74.8 Å². The predicted molar refractivity (Wildman–Crippen MR) is 44.2 cm³/mol. The van der Waals surface area contributed by atoms with E-state index in [0.29, 0.717) is 11.1 Å². The highest BCUT2D eigenvalue weighted by atomic mass is 19.3. The third-order valence-corrected chi connectivity index (χ3v) is 1.65. The summed E-state index contributed by atoms with van der Waals surface area (Å²) >= 11 is 0. The number of phenolic OH excluding ortho intramolecular Hbond substituents is 1. The van der Waals surface area contributed by atoms with Gasteiger partial charge in [0, 0.05) is 0 Å². The van der Waals surface area contributed by atoms with Crippen LogP contribution in [0.2, 0.25) is 0 Å². The first-order valence-corrected chi connectivity index (χ1v) is 3.75. The van der Waals surface area contributed by atoms with Gasteiger partial charge in [-0.1, -0.05) is 0 Å². The molecule has 0 aliphatic carbocycles. The van der Waals surface area contributed by atoms with E-state index in [-0.39, 0.29) is 11.5 Å². The van der Waals surface area contributed by atoms with Gasteiger partial charge in [-0.2, -0.15) is 8.78 Å². The van der Waals surface area contributed by atoms with E-state index in [1.807, 2.05) is 0 Å². The van der Waals surface area contributed by atoms with Crippen LogP contribution in [0, 0.1) is 13.8 Å². The molecule has 1 aromatic rings. The highest BCUT2D eigenvalue weighted by Crippen LogP contribution is 2.28. The van der Waals surface area contributed by atoms with E-state index in [2.05, 4.69) is 4.74 Å². The van der Waals surface area contributed by atoms with E-state index in [4.69, 9.17) is 5.11 Å². The lowest BCUT2D eigenvalue weighted by molar-refractivity contribution is -0.0507. The summed E-state index contributed by atoms with van der Waals surface area (Å²) in [6.45, 7) is 0.372. The molecule has 0 bridgehead atoms. The van der Waals surface area contributed by atoms with Gasteiger partial charge < -0.3 is 9.84 Å². The van der Waals surface area contributed by atoms with Crippen LogP contribution in [0.15, 0.2) is 12.1 Å². The Hall–Kier alpha value is -1.32. The largest absolute Gasteiger partial charge is 0.508 e. The zero-order valence-corrected chi connectivity index (χ0v) is 7.34. The summed E-state index contributed by atoms with van der Waals surface area (Å²) < 4.78 is 28.1. The molecule has 1 aromatic carbocycles. The molecule has 0 saturated heterocycles. The zero-order valence-electron chi connectivity index (χ0n) is 7.34. The highest BCUT2D eigenvalue weighted by molar-refractivity contribution is 5.45. The first kappa shape index (κ1) is 9.77. The van der Waals surface area contributed by atoms with Gasteiger partial charge in [0.25, 0.3) is 0 Å². The zero-order chi connectivity index (χ0) is 10.0. The first-order valence-electron chi connectivity index (χ1n) is 3.75. The maximum Gasteiger partial charge on any atom is 0.387 e. The molecule has 0 saturated carbocycles. The van der Waals surface area contributed by atoms with Crippen LogP contribution in [0.5, 0.6) is 11.5 Å². The van der Waals surface area contributed by atoms with Crippen molar-refractivity contribution in [1.82, 2.24) is 0 Å². The molecular weight excluding hydrogens is 178 g/mol. The molecule has 0 aliphatic rings. The molecule has 72 valence electrons. The average molecular weight is 188 g/mol. The number of benzene rings is 1. The lowest BCUT2D eigenvalue weighted by Gasteiger charge is -2.10. The van der Waals surface area contributed by atoms with Crippen molar-refractivity contribution in [2.45, 2.75) is 20.5 Å². The summed E-state index contributed by atoms with van der Waals surface area (Å²) in [5, 5.41) is 9.11. The second-order valence-electron chi connectivity index (χ2n) is 2.79. The van der Waals surface area contributed by atoms with E-state index in [0.717, 1.165) is 0 Å². The molecular formula is C9H10F2O2. The number of aromatic hydroxyl groups is 1. The fourth-order valence-corrected chi connectivity index (χ4v) is 1.20. The van der Waals surface area contributed by atoms with Crippen molar-refractivity contribution in [2.75, 3.05) is 0 Å². The van der Waals surface area contributed by atoms with E-state index in [9.17, 15) is 8.78 Å². The molecule has 0 heterocycles. The van der Waals surface area contributed by atoms with Gasteiger partial charge in [-0.25, -0.2) is 0 Å². The number of halogens is 2. The quantitative estimate of drug-likeness (QED) is 0.772. The lowest BCUT2D eigenvalue weighted by atomic mass is 10.1. The van der Waals surface area contributed by atoms with Crippen LogP contribution in [-0.4, -0.2) is 11.7 Å². The van der Waals surface area contributed by atoms with Crippen LogP contribution >= 0.6 is 0 Å². The van der Waals surface area contributed by atoms with Crippen molar-refractivity contribution in [3.63, 3.8) is 0 Å². The van der Waals surface area contributed by atoms with Gasteiger partial charge in [-0.05, 0) is 37.1 Å². The molecule has 0 aliphatic heterocycles. The van der Waals surface area contributed by atoms with Crippen molar-refractivity contribution in [3.8, 4) is 11.5 Å². The molecule has 1 N–H and O–H groups in total. The van der Waals surface area contributed by atoms with Crippen LogP contribution in [0.4, 0.5) is 8.78 Å². The van der Waals surface area contributed by atoms with Gasteiger partial charge >= 0.3 is 6.61 Å². The Balaban J connectivity index is 3.06. The van der Waals surface area contributed by atoms with Crippen molar-refractivity contribution < 1.29 is 18.6 Å². The van der Waals surface area contributed by atoms with E-state index in [1.54, 1.807) is 13.8 Å². The van der Waals surface area contributed by atoms with Crippen molar-refractivity contribution in [1.29, 1.82) is 0 Å². The van der Waals surface area contributed by atoms with Crippen molar-refractivity contribution >= 4 is 0 Å². The van der Waals surface area contributed by atoms with Gasteiger partial charge in [-0.3, -0.25) is 0 Å². The molecule has 0 fully saturated rings. The third-order valence-electron chi connectivity index (χ3n) is 1.65. The highest BCUT2D eigenvalue weighted by Gasteiger charge is 2.10. The molecule has 0 unspecified atom stereocenters. The first-order chi connectivity index (χ1) is 6.00. The number of phenols is 1. The normalized spacial score (nSPS) is 10.5. The molecule has 0 spiro atoms. The van der Waals surface area contributed by atoms with E-state index < -0.39 is 6.61 Å². The van der Waals surface area contributed by atoms with E-state index in [1.165, 1.54) is 12.1 Å². The van der Waals surface area contributed by atoms with Gasteiger partial charge in [0.05, 0.1) is 0 Å². The SMILES string of the molecule is Cc1cc(O)cc(C)c1OC(F)F. The predicted octanol–water partition coefficient (Wildman–Crippen LogP) is 2.61. The van der Waals surface area contributed by atoms with Gasteiger partial charge in [-0.15, -0.1) is 0 Å². The van der Waals surface area contributed by atoms with Crippen LogP contribution in [-0.2, 0) is 0 Å². The smallest absolute Gasteiger partial charge is 0.387 e. The van der Waals surface area contributed by atoms with Gasteiger partial charge in [0.2, 0.25) is 0 Å². The molecule has 0 aromatic heterocycles. The number of aryl methyl sites for hydroxylation is 2. The minimum Gasteiger partial charge on any atom is -0.508 e. The Morgan fingerprint density at radius 1 is 1.23 bits per heavy atom. The number of hydrogen-bond acceptors (Lipinski definition) is 2. The molecule has 4 heteroatoms. The Kier molecular flexibility index (Phi) is 2.70. The molecule has 0 amide bonds. The van der Waals surface area contributed by atoms with E-state index >= 15 is 0 Å². The summed E-state index contributed by atoms with van der Waals surface area (Å²) in [4.78, 5) is 0. The summed E-state index contributed by atoms with van der Waals surface area (Å²) in [7, 11) is 0. The van der Waals surface area contributed by atoms with Crippen molar-refractivity contribution in [2.24, 2.45) is 0 Å².